The molecule has 2 aliphatic heterocycles. The molecule has 4 fully saturated rings. The number of rotatable bonds is 5. The number of carbonyl (C=O) groups excluding carboxylic acids is 2. The third-order valence-corrected chi connectivity index (χ3v) is 6.94. The Morgan fingerprint density at radius 3 is 2.58 bits per heavy atom. The van der Waals surface area contributed by atoms with Crippen LogP contribution < -0.4 is 0 Å². The van der Waals surface area contributed by atoms with E-state index in [1.807, 2.05) is 0 Å². The van der Waals surface area contributed by atoms with Crippen LogP contribution in [0.15, 0.2) is 0 Å². The van der Waals surface area contributed by atoms with E-state index in [4.69, 9.17) is 18.9 Å². The topological polar surface area (TPSA) is 77.7 Å². The van der Waals surface area contributed by atoms with Crippen molar-refractivity contribution in [2.75, 3.05) is 6.61 Å². The fourth-order valence-electron chi connectivity index (χ4n) is 4.84. The Hall–Kier alpha value is -1.14. The van der Waals surface area contributed by atoms with Crippen LogP contribution in [0.1, 0.15) is 59.8 Å². The molecule has 8 atom stereocenters. The maximum absolute atomic E-state index is 12.5. The molecule has 26 heavy (non-hydrogen) atoms. The summed E-state index contributed by atoms with van der Waals surface area (Å²) in [4.78, 5) is 24.7. The van der Waals surface area contributed by atoms with Gasteiger partial charge in [-0.05, 0) is 64.7 Å². The van der Waals surface area contributed by atoms with Crippen molar-refractivity contribution in [3.63, 3.8) is 0 Å². The van der Waals surface area contributed by atoms with Crippen molar-refractivity contribution in [3.8, 4) is 0 Å². The van der Waals surface area contributed by atoms with Gasteiger partial charge in [0.15, 0.2) is 6.10 Å². The number of hydrogen-bond donors (Lipinski definition) is 0. The molecule has 8 unspecified atom stereocenters. The van der Waals surface area contributed by atoms with Crippen LogP contribution in [0.25, 0.3) is 0 Å². The second-order valence-corrected chi connectivity index (χ2v) is 9.21. The summed E-state index contributed by atoms with van der Waals surface area (Å²) >= 11 is 0. The predicted octanol–water partition coefficient (Wildman–Crippen LogP) is 2.62. The van der Waals surface area contributed by atoms with Crippen molar-refractivity contribution >= 4 is 11.9 Å². The van der Waals surface area contributed by atoms with Crippen LogP contribution >= 0.6 is 0 Å². The summed E-state index contributed by atoms with van der Waals surface area (Å²) < 4.78 is 22.2. The summed E-state index contributed by atoms with van der Waals surface area (Å²) in [5.41, 5.74) is 0.0173. The van der Waals surface area contributed by atoms with Crippen LogP contribution in [0.2, 0.25) is 0 Å². The third-order valence-electron chi connectivity index (χ3n) is 6.94. The fourth-order valence-corrected chi connectivity index (χ4v) is 4.84. The summed E-state index contributed by atoms with van der Waals surface area (Å²) in [5.74, 6) is -0.428. The van der Waals surface area contributed by atoms with Gasteiger partial charge in [0.1, 0.15) is 0 Å². The van der Waals surface area contributed by atoms with Crippen molar-refractivity contribution in [2.45, 2.75) is 89.3 Å². The van der Waals surface area contributed by atoms with Crippen molar-refractivity contribution in [1.29, 1.82) is 0 Å². The lowest BCUT2D eigenvalue weighted by molar-refractivity contribution is -0.171. The van der Waals surface area contributed by atoms with E-state index in [9.17, 15) is 9.59 Å². The van der Waals surface area contributed by atoms with E-state index in [2.05, 4.69) is 20.8 Å². The molecule has 0 aromatic heterocycles. The second kappa shape index (κ2) is 6.20. The Kier molecular flexibility index (Phi) is 4.35. The van der Waals surface area contributed by atoms with E-state index in [1.54, 1.807) is 6.92 Å². The highest BCUT2D eigenvalue weighted by atomic mass is 16.6. The Balaban J connectivity index is 1.21. The van der Waals surface area contributed by atoms with Gasteiger partial charge in [-0.15, -0.1) is 0 Å². The Morgan fingerprint density at radius 2 is 1.85 bits per heavy atom. The molecular formula is C20H30O6. The highest BCUT2D eigenvalue weighted by Gasteiger charge is 2.59. The predicted molar refractivity (Wildman–Crippen MR) is 92.3 cm³/mol. The van der Waals surface area contributed by atoms with Gasteiger partial charge in [-0.2, -0.15) is 0 Å². The molecule has 4 aliphatic rings. The van der Waals surface area contributed by atoms with Gasteiger partial charge in [0, 0.05) is 0 Å². The highest BCUT2D eigenvalue weighted by Crippen LogP contribution is 2.52. The minimum absolute atomic E-state index is 0.0535. The number of esters is 2. The van der Waals surface area contributed by atoms with Crippen molar-refractivity contribution < 1.29 is 28.5 Å². The first-order valence-corrected chi connectivity index (χ1v) is 9.93. The van der Waals surface area contributed by atoms with Crippen LogP contribution in [0.5, 0.6) is 0 Å². The molecule has 146 valence electrons. The average molecular weight is 366 g/mol. The van der Waals surface area contributed by atoms with Gasteiger partial charge in [-0.1, -0.05) is 6.92 Å². The van der Waals surface area contributed by atoms with E-state index in [1.165, 1.54) is 0 Å². The lowest BCUT2D eigenvalue weighted by Crippen LogP contribution is -2.37. The number of carbonyl (C=O) groups is 2. The maximum atomic E-state index is 12.5. The SMILES string of the molecule is CC(OC(=O)C1CC2OC2(C)CC1C)C(=O)OCC1CCC2(C)OC2C1. The molecule has 0 spiro atoms. The first-order chi connectivity index (χ1) is 12.2. The molecule has 0 radical (unpaired) electrons. The third kappa shape index (κ3) is 3.38. The summed E-state index contributed by atoms with van der Waals surface area (Å²) in [6.45, 7) is 8.26. The van der Waals surface area contributed by atoms with E-state index >= 15 is 0 Å². The molecule has 0 amide bonds. The smallest absolute Gasteiger partial charge is 0.347 e. The zero-order chi connectivity index (χ0) is 18.7. The van der Waals surface area contributed by atoms with E-state index in [0.717, 1.165) is 25.7 Å². The highest BCUT2D eigenvalue weighted by molar-refractivity contribution is 5.80. The molecule has 4 rings (SSSR count). The molecule has 0 bridgehead atoms. The Bertz CT molecular complexity index is 605. The first kappa shape index (κ1) is 18.2. The van der Waals surface area contributed by atoms with Crippen LogP contribution in [0.4, 0.5) is 0 Å². The average Bonchev–Trinajstić information content (AvgIpc) is 3.43. The lowest BCUT2D eigenvalue weighted by atomic mass is 9.75. The summed E-state index contributed by atoms with van der Waals surface area (Å²) in [6.07, 6.45) is 4.12. The molecule has 0 aromatic carbocycles. The number of fused-ring (bicyclic) bond motifs is 2. The van der Waals surface area contributed by atoms with Gasteiger partial charge < -0.3 is 18.9 Å². The molecular weight excluding hydrogens is 336 g/mol. The summed E-state index contributed by atoms with van der Waals surface area (Å²) in [7, 11) is 0. The molecule has 2 heterocycles. The van der Waals surface area contributed by atoms with Gasteiger partial charge in [0.05, 0.1) is 35.9 Å². The Labute approximate surface area is 154 Å². The van der Waals surface area contributed by atoms with Crippen LogP contribution in [-0.4, -0.2) is 48.1 Å². The number of ether oxygens (including phenoxy) is 4. The standard InChI is InChI=1S/C20H30O6/c1-11-9-20(4)16(26-20)8-14(11)18(22)24-12(2)17(21)23-10-13-5-6-19(3)15(7-13)25-19/h11-16H,5-10H2,1-4H3. The van der Waals surface area contributed by atoms with E-state index in [0.29, 0.717) is 25.0 Å². The largest absolute Gasteiger partial charge is 0.463 e. The maximum Gasteiger partial charge on any atom is 0.347 e. The first-order valence-electron chi connectivity index (χ1n) is 9.93. The molecule has 2 aliphatic carbocycles. The molecule has 2 saturated carbocycles. The van der Waals surface area contributed by atoms with Gasteiger partial charge >= 0.3 is 11.9 Å². The molecule has 2 saturated heterocycles. The van der Waals surface area contributed by atoms with Gasteiger partial charge in [0.25, 0.3) is 0 Å². The minimum Gasteiger partial charge on any atom is -0.463 e. The Morgan fingerprint density at radius 1 is 1.15 bits per heavy atom. The second-order valence-electron chi connectivity index (χ2n) is 9.21. The van der Waals surface area contributed by atoms with Gasteiger partial charge in [0.2, 0.25) is 0 Å². The van der Waals surface area contributed by atoms with Crippen LogP contribution in [0.3, 0.4) is 0 Å². The number of epoxide rings is 2. The zero-order valence-corrected chi connectivity index (χ0v) is 16.2. The van der Waals surface area contributed by atoms with E-state index < -0.39 is 12.1 Å². The van der Waals surface area contributed by atoms with Crippen molar-refractivity contribution in [2.24, 2.45) is 17.8 Å². The van der Waals surface area contributed by atoms with Gasteiger partial charge in [-0.25, -0.2) is 4.79 Å². The summed E-state index contributed by atoms with van der Waals surface area (Å²) in [5, 5.41) is 0. The molecule has 0 aromatic rings. The van der Waals surface area contributed by atoms with E-state index in [-0.39, 0.29) is 35.1 Å². The lowest BCUT2D eigenvalue weighted by Gasteiger charge is -2.28. The quantitative estimate of drug-likeness (QED) is 0.550. The normalized spacial score (nSPS) is 47.2. The molecule has 6 nitrogen and oxygen atoms in total. The van der Waals surface area contributed by atoms with Crippen molar-refractivity contribution in [3.05, 3.63) is 0 Å². The van der Waals surface area contributed by atoms with Crippen LogP contribution in [0, 0.1) is 17.8 Å². The molecule has 6 heteroatoms. The monoisotopic (exact) mass is 366 g/mol. The van der Waals surface area contributed by atoms with Crippen molar-refractivity contribution in [1.82, 2.24) is 0 Å². The van der Waals surface area contributed by atoms with Crippen LogP contribution in [-0.2, 0) is 28.5 Å². The number of hydrogen-bond acceptors (Lipinski definition) is 6. The molecule has 0 N–H and O–H groups in total. The fraction of sp³-hybridized carbons (Fsp3) is 0.900. The van der Waals surface area contributed by atoms with Gasteiger partial charge in [-0.3, -0.25) is 4.79 Å². The minimum atomic E-state index is -0.867. The zero-order valence-electron chi connectivity index (χ0n) is 16.2. The summed E-state index contributed by atoms with van der Waals surface area (Å²) in [6, 6.07) is 0.